The average Bonchev–Trinajstić information content (AvgIpc) is 3.67. The Morgan fingerprint density at radius 1 is 0.493 bits per heavy atom. The summed E-state index contributed by atoms with van der Waals surface area (Å²) >= 11 is 1.99. The van der Waals surface area contributed by atoms with Gasteiger partial charge in [-0.3, -0.25) is 0 Å². The van der Waals surface area contributed by atoms with E-state index in [1.165, 1.54) is 154 Å². The van der Waals surface area contributed by atoms with E-state index in [1.54, 1.807) is 0 Å². The highest BCUT2D eigenvalue weighted by molar-refractivity contribution is 7.26. The molecule has 3 heterocycles. The minimum absolute atomic E-state index is 0.0544. The van der Waals surface area contributed by atoms with Crippen LogP contribution in [0.1, 0.15) is 187 Å². The second-order valence-electron chi connectivity index (χ2n) is 27.4. The lowest BCUT2D eigenvalue weighted by Gasteiger charge is -2.49. The molecule has 354 valence electrons. The molecule has 2 aliphatic heterocycles. The van der Waals surface area contributed by atoms with Crippen LogP contribution in [0, 0.1) is 6.92 Å². The van der Waals surface area contributed by atoms with Crippen molar-refractivity contribution in [2.24, 2.45) is 0 Å². The van der Waals surface area contributed by atoms with Gasteiger partial charge >= 0.3 is 6.85 Å². The largest absolute Gasteiger partial charge is 0.376 e. The number of thiophene rings is 1. The molecule has 12 rings (SSSR count). The van der Waals surface area contributed by atoms with Crippen molar-refractivity contribution in [3.8, 4) is 11.1 Å². The van der Waals surface area contributed by atoms with Gasteiger partial charge in [-0.2, -0.15) is 0 Å². The monoisotopic (exact) mass is 927 g/mol. The van der Waals surface area contributed by atoms with Gasteiger partial charge in [0, 0.05) is 43.8 Å². The molecule has 0 bridgehead atoms. The predicted molar refractivity (Wildman–Crippen MR) is 302 cm³/mol. The van der Waals surface area contributed by atoms with Gasteiger partial charge in [-0.1, -0.05) is 152 Å². The van der Waals surface area contributed by atoms with Gasteiger partial charge in [-0.15, -0.1) is 11.3 Å². The molecule has 5 aliphatic rings. The molecule has 0 atom stereocenters. The SMILES string of the molecule is Cc1cc2c(cc1N1c3cc(C(C)(C)C)cc4c3B(c3ccc5c(sc6ccccc65)c31)N(c1ccc3c(c1)C(C)(C)CCC3(C)C)c1cc3c(cc1-4)C(C)(C)CCC3(C)C)C(C)(C)CCC2(C)C. The van der Waals surface area contributed by atoms with E-state index in [2.05, 4.69) is 211 Å². The smallest absolute Gasteiger partial charge is 0.333 e. The molecule has 0 unspecified atom stereocenters. The van der Waals surface area contributed by atoms with Crippen LogP contribution in [0.25, 0.3) is 31.3 Å². The molecule has 4 heteroatoms. The Morgan fingerprint density at radius 2 is 1.03 bits per heavy atom. The van der Waals surface area contributed by atoms with Crippen molar-refractivity contribution in [3.63, 3.8) is 0 Å². The molecule has 1 aromatic heterocycles. The van der Waals surface area contributed by atoms with Crippen molar-refractivity contribution >= 4 is 77.7 Å². The maximum atomic E-state index is 2.84. The van der Waals surface area contributed by atoms with Gasteiger partial charge in [0.25, 0.3) is 0 Å². The van der Waals surface area contributed by atoms with Crippen LogP contribution in [0.4, 0.5) is 28.4 Å². The van der Waals surface area contributed by atoms with Crippen molar-refractivity contribution in [1.29, 1.82) is 0 Å². The summed E-state index contributed by atoms with van der Waals surface area (Å²) < 4.78 is 2.73. The lowest BCUT2D eigenvalue weighted by molar-refractivity contribution is 0.332. The van der Waals surface area contributed by atoms with E-state index in [9.17, 15) is 0 Å². The standard InChI is InChI=1S/C65H75BN2S/c1-38-31-46-49(64(13,14)29-27-61(46,7)8)36-52(38)67-54-33-39(59(2,3)4)32-44-43-35-48-50(65(15,16)30-28-63(48,11)12)37-53(43)68(40-21-23-45-47(34-40)62(9,10)26-25-60(45,5)6)66(56(44)54)51-24-22-42-41-19-17-18-20-55(41)69-58(42)57(51)67/h17-24,31-37H,25-30H2,1-16H3. The van der Waals surface area contributed by atoms with E-state index in [4.69, 9.17) is 0 Å². The Labute approximate surface area is 419 Å². The average molecular weight is 927 g/mol. The first-order chi connectivity index (χ1) is 32.2. The summed E-state index contributed by atoms with van der Waals surface area (Å²) in [6, 6.07) is 37.7. The zero-order chi connectivity index (χ0) is 48.9. The summed E-state index contributed by atoms with van der Waals surface area (Å²) in [5, 5.41) is 2.70. The summed E-state index contributed by atoms with van der Waals surface area (Å²) in [7, 11) is 0. The van der Waals surface area contributed by atoms with Crippen LogP contribution >= 0.6 is 11.3 Å². The number of hydrogen-bond donors (Lipinski definition) is 0. The van der Waals surface area contributed by atoms with Crippen molar-refractivity contribution < 1.29 is 0 Å². The van der Waals surface area contributed by atoms with Crippen molar-refractivity contribution in [3.05, 3.63) is 136 Å². The number of benzene rings is 6. The number of aryl methyl sites for hydroxylation is 1. The van der Waals surface area contributed by atoms with Crippen LogP contribution in [0.5, 0.6) is 0 Å². The highest BCUT2D eigenvalue weighted by Crippen LogP contribution is 2.57. The molecule has 0 amide bonds. The Bertz CT molecular complexity index is 3360. The topological polar surface area (TPSA) is 6.48 Å². The molecule has 0 saturated heterocycles. The van der Waals surface area contributed by atoms with Crippen molar-refractivity contribution in [1.82, 2.24) is 0 Å². The highest BCUT2D eigenvalue weighted by Gasteiger charge is 2.50. The Kier molecular flexibility index (Phi) is 9.34. The fourth-order valence-electron chi connectivity index (χ4n) is 13.9. The third-order valence-electron chi connectivity index (χ3n) is 18.9. The zero-order valence-corrected chi connectivity index (χ0v) is 45.6. The van der Waals surface area contributed by atoms with E-state index in [-0.39, 0.29) is 44.8 Å². The summed E-state index contributed by atoms with van der Waals surface area (Å²) in [5.74, 6) is 0. The zero-order valence-electron chi connectivity index (χ0n) is 44.8. The van der Waals surface area contributed by atoms with Crippen molar-refractivity contribution in [2.75, 3.05) is 9.71 Å². The number of anilines is 5. The minimum Gasteiger partial charge on any atom is -0.376 e. The highest BCUT2D eigenvalue weighted by atomic mass is 32.1. The lowest BCUT2D eigenvalue weighted by Crippen LogP contribution is -2.62. The number of fused-ring (bicyclic) bond motifs is 11. The molecule has 3 aliphatic carbocycles. The Hall–Kier alpha value is -4.80. The van der Waals surface area contributed by atoms with Gasteiger partial charge in [0.2, 0.25) is 0 Å². The summed E-state index contributed by atoms with van der Waals surface area (Å²) in [5.41, 5.74) is 24.5. The van der Waals surface area contributed by atoms with E-state index >= 15 is 0 Å². The second-order valence-corrected chi connectivity index (χ2v) is 28.5. The van der Waals surface area contributed by atoms with E-state index in [0.29, 0.717) is 0 Å². The van der Waals surface area contributed by atoms with E-state index < -0.39 is 0 Å². The Balaban J connectivity index is 1.26. The number of hydrogen-bond acceptors (Lipinski definition) is 3. The number of rotatable bonds is 2. The van der Waals surface area contributed by atoms with Crippen LogP contribution in [0.3, 0.4) is 0 Å². The normalized spacial score (nSPS) is 20.7. The van der Waals surface area contributed by atoms with E-state index in [0.717, 1.165) is 0 Å². The summed E-state index contributed by atoms with van der Waals surface area (Å²) in [6.45, 7) is 39.5. The maximum Gasteiger partial charge on any atom is 0.333 e. The number of nitrogens with zero attached hydrogens (tertiary/aromatic N) is 2. The first-order valence-corrected chi connectivity index (χ1v) is 27.2. The summed E-state index contributed by atoms with van der Waals surface area (Å²) in [6.07, 6.45) is 7.14. The first kappa shape index (κ1) is 45.4. The maximum absolute atomic E-state index is 2.84. The molecule has 7 aromatic rings. The van der Waals surface area contributed by atoms with Crippen LogP contribution in [0.15, 0.2) is 91.0 Å². The minimum atomic E-state index is -0.0862. The third kappa shape index (κ3) is 6.48. The molecule has 2 nitrogen and oxygen atoms in total. The Morgan fingerprint density at radius 3 is 1.64 bits per heavy atom. The van der Waals surface area contributed by atoms with E-state index in [1.807, 2.05) is 11.3 Å². The van der Waals surface area contributed by atoms with Gasteiger partial charge < -0.3 is 9.71 Å². The molecule has 6 aromatic carbocycles. The molecular weight excluding hydrogens is 852 g/mol. The van der Waals surface area contributed by atoms with Gasteiger partial charge in [0.1, 0.15) is 0 Å². The second kappa shape index (κ2) is 14.2. The quantitative estimate of drug-likeness (QED) is 0.159. The van der Waals surface area contributed by atoms with Crippen LogP contribution in [-0.4, -0.2) is 6.85 Å². The molecule has 69 heavy (non-hydrogen) atoms. The van der Waals surface area contributed by atoms with Gasteiger partial charge in [-0.05, 0) is 187 Å². The predicted octanol–water partition coefficient (Wildman–Crippen LogP) is 17.4. The van der Waals surface area contributed by atoms with Crippen molar-refractivity contribution in [2.45, 2.75) is 187 Å². The molecular formula is C65H75BN2S. The fraction of sp³-hybridized carbons (Fsp3) is 0.446. The lowest BCUT2D eigenvalue weighted by atomic mass is 9.43. The molecule has 0 N–H and O–H groups in total. The van der Waals surface area contributed by atoms with Gasteiger partial charge in [0.05, 0.1) is 10.4 Å². The molecule has 0 radical (unpaired) electrons. The van der Waals surface area contributed by atoms with Crippen LogP contribution in [0.2, 0.25) is 0 Å². The first-order valence-electron chi connectivity index (χ1n) is 26.4. The fourth-order valence-corrected chi connectivity index (χ4v) is 15.2. The molecule has 0 saturated carbocycles. The molecule has 0 fully saturated rings. The van der Waals surface area contributed by atoms with Crippen LogP contribution < -0.4 is 20.6 Å². The molecule has 0 spiro atoms. The van der Waals surface area contributed by atoms with Gasteiger partial charge in [0.15, 0.2) is 0 Å². The summed E-state index contributed by atoms with van der Waals surface area (Å²) in [4.78, 5) is 5.63. The van der Waals surface area contributed by atoms with Gasteiger partial charge in [-0.25, -0.2) is 0 Å². The third-order valence-corrected chi connectivity index (χ3v) is 20.1. The van der Waals surface area contributed by atoms with Crippen LogP contribution in [-0.2, 0) is 37.9 Å².